The van der Waals surface area contributed by atoms with Crippen LogP contribution in [0.2, 0.25) is 0 Å². The summed E-state index contributed by atoms with van der Waals surface area (Å²) in [5, 5.41) is 11.4. The molecule has 2 aromatic rings. The highest BCUT2D eigenvalue weighted by atomic mass is 79.9. The van der Waals surface area contributed by atoms with E-state index < -0.39 is 24.2 Å². The predicted molar refractivity (Wildman–Crippen MR) is 94.5 cm³/mol. The lowest BCUT2D eigenvalue weighted by atomic mass is 10.0. The van der Waals surface area contributed by atoms with E-state index in [1.54, 1.807) is 12.1 Å². The van der Waals surface area contributed by atoms with Crippen molar-refractivity contribution in [1.82, 2.24) is 15.1 Å². The number of alkyl halides is 3. The number of aromatic nitrogens is 2. The van der Waals surface area contributed by atoms with Crippen molar-refractivity contribution < 1.29 is 22.7 Å². The van der Waals surface area contributed by atoms with Crippen LogP contribution in [0.15, 0.2) is 22.0 Å². The number of rotatable bonds is 5. The summed E-state index contributed by atoms with van der Waals surface area (Å²) in [6.45, 7) is 0.527. The first kappa shape index (κ1) is 19.2. The molecule has 0 spiro atoms. The average Bonchev–Trinajstić information content (AvgIpc) is 3.22. The zero-order valence-corrected chi connectivity index (χ0v) is 16.0. The van der Waals surface area contributed by atoms with E-state index in [0.29, 0.717) is 6.61 Å². The number of ether oxygens (including phenoxy) is 1. The Morgan fingerprint density at radius 3 is 2.96 bits per heavy atom. The van der Waals surface area contributed by atoms with Crippen molar-refractivity contribution in [2.24, 2.45) is 0 Å². The maximum absolute atomic E-state index is 13.6. The van der Waals surface area contributed by atoms with Gasteiger partial charge in [0.15, 0.2) is 11.7 Å². The number of carbonyl (C=O) groups excluding carboxylic acids is 1. The average molecular weight is 453 g/mol. The fraction of sp³-hybridized carbons (Fsp3) is 0.467. The fourth-order valence-electron chi connectivity index (χ4n) is 2.76. The quantitative estimate of drug-likeness (QED) is 0.677. The number of carbonyl (C=O) groups is 1. The Bertz CT molecular complexity index is 779. The summed E-state index contributed by atoms with van der Waals surface area (Å²) in [4.78, 5) is 13.0. The van der Waals surface area contributed by atoms with Gasteiger partial charge in [-0.3, -0.25) is 4.79 Å². The molecule has 3 heterocycles. The maximum atomic E-state index is 13.6. The van der Waals surface area contributed by atoms with E-state index in [0.717, 1.165) is 9.56 Å². The van der Waals surface area contributed by atoms with Gasteiger partial charge in [-0.2, -0.15) is 18.3 Å². The van der Waals surface area contributed by atoms with E-state index >= 15 is 0 Å². The van der Waals surface area contributed by atoms with E-state index in [-0.39, 0.29) is 29.0 Å². The number of nitrogens with zero attached hydrogens (tertiary/aromatic N) is 2. The standard InChI is InChI=1S/C15H16BrF3N4O2S/c1-25-5-4-20-14(24)12-11(16)13-21-8(9-3-2-6-26-9)7-10(15(17,18)19)23(13)22-12/h2-3,6,8,10,21H,4-5,7H2,1H3,(H,20,24)/t8-,10+/m1/s1. The molecule has 0 fully saturated rings. The number of hydrogen-bond acceptors (Lipinski definition) is 5. The van der Waals surface area contributed by atoms with Gasteiger partial charge in [0.1, 0.15) is 5.82 Å². The summed E-state index contributed by atoms with van der Waals surface area (Å²) in [6, 6.07) is 1.25. The molecule has 0 saturated carbocycles. The molecule has 0 bridgehead atoms. The minimum Gasteiger partial charge on any atom is -0.383 e. The molecule has 1 aliphatic rings. The minimum atomic E-state index is -4.48. The number of fused-ring (bicyclic) bond motifs is 1. The van der Waals surface area contributed by atoms with E-state index in [2.05, 4.69) is 31.7 Å². The van der Waals surface area contributed by atoms with Crippen LogP contribution in [-0.4, -0.2) is 42.1 Å². The molecule has 3 rings (SSSR count). The monoisotopic (exact) mass is 452 g/mol. The van der Waals surface area contributed by atoms with Gasteiger partial charge in [-0.05, 0) is 27.4 Å². The lowest BCUT2D eigenvalue weighted by Gasteiger charge is -2.33. The third-order valence-corrected chi connectivity index (χ3v) is 5.73. The van der Waals surface area contributed by atoms with Crippen molar-refractivity contribution in [2.45, 2.75) is 24.7 Å². The normalized spacial score (nSPS) is 19.7. The van der Waals surface area contributed by atoms with Crippen LogP contribution in [0.3, 0.4) is 0 Å². The number of methoxy groups -OCH3 is 1. The third-order valence-electron chi connectivity index (χ3n) is 3.99. The number of halogens is 4. The van der Waals surface area contributed by atoms with Crippen molar-refractivity contribution in [3.05, 3.63) is 32.6 Å². The van der Waals surface area contributed by atoms with E-state index in [9.17, 15) is 18.0 Å². The largest absolute Gasteiger partial charge is 0.410 e. The van der Waals surface area contributed by atoms with Crippen molar-refractivity contribution >= 4 is 39.0 Å². The SMILES string of the molecule is COCCNC(=O)c1nn2c(c1Br)N[C@@H](c1cccs1)C[C@H]2C(F)(F)F. The molecule has 0 aromatic carbocycles. The van der Waals surface area contributed by atoms with Gasteiger partial charge in [0.2, 0.25) is 0 Å². The Kier molecular flexibility index (Phi) is 5.58. The number of hydrogen-bond donors (Lipinski definition) is 2. The van der Waals surface area contributed by atoms with Crippen molar-refractivity contribution in [3.8, 4) is 0 Å². The molecule has 2 atom stereocenters. The number of nitrogens with one attached hydrogen (secondary N) is 2. The predicted octanol–water partition coefficient (Wildman–Crippen LogP) is 3.74. The zero-order chi connectivity index (χ0) is 18.9. The Hall–Kier alpha value is -1.59. The van der Waals surface area contributed by atoms with E-state index in [1.165, 1.54) is 18.4 Å². The summed E-state index contributed by atoms with van der Waals surface area (Å²) in [5.74, 6) is -0.417. The highest BCUT2D eigenvalue weighted by molar-refractivity contribution is 9.10. The highest BCUT2D eigenvalue weighted by Crippen LogP contribution is 2.46. The Morgan fingerprint density at radius 2 is 2.35 bits per heavy atom. The molecule has 0 aliphatic carbocycles. The highest BCUT2D eigenvalue weighted by Gasteiger charge is 2.47. The van der Waals surface area contributed by atoms with Crippen LogP contribution < -0.4 is 10.6 Å². The fourth-order valence-corrected chi connectivity index (χ4v) is 4.11. The van der Waals surface area contributed by atoms with E-state index in [4.69, 9.17) is 4.74 Å². The van der Waals surface area contributed by atoms with E-state index in [1.807, 2.05) is 5.38 Å². The Labute approximate surface area is 159 Å². The summed E-state index contributed by atoms with van der Waals surface area (Å²) >= 11 is 4.61. The van der Waals surface area contributed by atoms with Crippen LogP contribution in [0.25, 0.3) is 0 Å². The van der Waals surface area contributed by atoms with Crippen LogP contribution in [-0.2, 0) is 4.74 Å². The molecular formula is C15H16BrF3N4O2S. The van der Waals surface area contributed by atoms with Gasteiger partial charge in [0.05, 0.1) is 17.1 Å². The second kappa shape index (κ2) is 7.57. The summed E-state index contributed by atoms with van der Waals surface area (Å²) in [7, 11) is 1.49. The molecule has 0 saturated heterocycles. The smallest absolute Gasteiger partial charge is 0.383 e. The molecule has 1 amide bonds. The first-order chi connectivity index (χ1) is 12.3. The van der Waals surface area contributed by atoms with Gasteiger partial charge in [-0.25, -0.2) is 4.68 Å². The topological polar surface area (TPSA) is 68.2 Å². The van der Waals surface area contributed by atoms with Crippen LogP contribution in [0.4, 0.5) is 19.0 Å². The number of anilines is 1. The van der Waals surface area contributed by atoms with Crippen LogP contribution in [0.5, 0.6) is 0 Å². The van der Waals surface area contributed by atoms with Crippen molar-refractivity contribution in [1.29, 1.82) is 0 Å². The van der Waals surface area contributed by atoms with Crippen LogP contribution in [0, 0.1) is 0 Å². The van der Waals surface area contributed by atoms with Gasteiger partial charge < -0.3 is 15.4 Å². The minimum absolute atomic E-state index is 0.0929. The first-order valence-corrected chi connectivity index (χ1v) is 9.42. The molecule has 2 aromatic heterocycles. The molecule has 142 valence electrons. The Morgan fingerprint density at radius 1 is 1.58 bits per heavy atom. The van der Waals surface area contributed by atoms with Crippen molar-refractivity contribution in [3.63, 3.8) is 0 Å². The molecular weight excluding hydrogens is 437 g/mol. The molecule has 0 radical (unpaired) electrons. The van der Waals surface area contributed by atoms with Gasteiger partial charge in [-0.1, -0.05) is 6.07 Å². The van der Waals surface area contributed by atoms with Gasteiger partial charge in [0, 0.05) is 25.0 Å². The van der Waals surface area contributed by atoms with Gasteiger partial charge >= 0.3 is 6.18 Å². The molecule has 6 nitrogen and oxygen atoms in total. The number of amides is 1. The van der Waals surface area contributed by atoms with Gasteiger partial charge in [0.25, 0.3) is 5.91 Å². The molecule has 11 heteroatoms. The summed E-state index contributed by atoms with van der Waals surface area (Å²) in [6.07, 6.45) is -4.68. The van der Waals surface area contributed by atoms with Crippen LogP contribution >= 0.6 is 27.3 Å². The Balaban J connectivity index is 1.95. The zero-order valence-electron chi connectivity index (χ0n) is 13.6. The molecule has 26 heavy (non-hydrogen) atoms. The van der Waals surface area contributed by atoms with Gasteiger partial charge in [-0.15, -0.1) is 11.3 Å². The molecule has 0 unspecified atom stereocenters. The summed E-state index contributed by atoms with van der Waals surface area (Å²) < 4.78 is 46.7. The van der Waals surface area contributed by atoms with Crippen molar-refractivity contribution in [2.75, 3.05) is 25.6 Å². The second-order valence-corrected chi connectivity index (χ2v) is 7.48. The maximum Gasteiger partial charge on any atom is 0.410 e. The first-order valence-electron chi connectivity index (χ1n) is 7.74. The third kappa shape index (κ3) is 3.74. The lowest BCUT2D eigenvalue weighted by molar-refractivity contribution is -0.173. The van der Waals surface area contributed by atoms with Crippen LogP contribution in [0.1, 0.15) is 33.9 Å². The summed E-state index contributed by atoms with van der Waals surface area (Å²) in [5.41, 5.74) is -0.0929. The molecule has 2 N–H and O–H groups in total. The number of thiophene rings is 1. The molecule has 1 aliphatic heterocycles. The lowest BCUT2D eigenvalue weighted by Crippen LogP contribution is -2.35. The second-order valence-electron chi connectivity index (χ2n) is 5.71.